The van der Waals surface area contributed by atoms with Crippen molar-refractivity contribution in [2.75, 3.05) is 19.6 Å². The summed E-state index contributed by atoms with van der Waals surface area (Å²) in [7, 11) is 0. The predicted molar refractivity (Wildman–Crippen MR) is 54.3 cm³/mol. The summed E-state index contributed by atoms with van der Waals surface area (Å²) in [6, 6.07) is 0. The Labute approximate surface area is 76.5 Å². The van der Waals surface area contributed by atoms with Crippen LogP contribution in [0, 0.1) is 0 Å². The Morgan fingerprint density at radius 2 is 1.83 bits per heavy atom. The molecular formula is C11H21N. The number of hydrogen-bond donors (Lipinski definition) is 0. The minimum atomic E-state index is 1.18. The monoisotopic (exact) mass is 167 g/mol. The van der Waals surface area contributed by atoms with Crippen molar-refractivity contribution >= 4 is 0 Å². The smallest absolute Gasteiger partial charge is 0.0163 e. The van der Waals surface area contributed by atoms with Gasteiger partial charge in [0.1, 0.15) is 0 Å². The second-order valence-electron chi connectivity index (χ2n) is 3.62. The first kappa shape index (κ1) is 9.79. The molecule has 1 aliphatic rings. The van der Waals surface area contributed by atoms with E-state index in [4.69, 9.17) is 0 Å². The molecule has 0 atom stereocenters. The predicted octanol–water partition coefficient (Wildman–Crippen LogP) is 2.83. The van der Waals surface area contributed by atoms with Gasteiger partial charge in [0.25, 0.3) is 0 Å². The van der Waals surface area contributed by atoms with E-state index < -0.39 is 0 Å². The highest BCUT2D eigenvalue weighted by Gasteiger charge is 2.06. The third-order valence-electron chi connectivity index (χ3n) is 2.43. The average molecular weight is 167 g/mol. The maximum atomic E-state index is 2.55. The topological polar surface area (TPSA) is 3.24 Å². The standard InChI is InChI=1S/C11H21N/c1-2-3-4-6-9-12-10-7-5-8-11-12/h4,6H,2-3,5,7-11H2,1H3/b6-4+. The zero-order valence-electron chi connectivity index (χ0n) is 8.26. The Morgan fingerprint density at radius 3 is 2.50 bits per heavy atom. The number of piperidine rings is 1. The molecule has 1 saturated heterocycles. The van der Waals surface area contributed by atoms with E-state index in [0.717, 1.165) is 0 Å². The number of nitrogens with zero attached hydrogens (tertiary/aromatic N) is 1. The molecule has 1 rings (SSSR count). The molecule has 1 nitrogen and oxygen atoms in total. The molecule has 1 heterocycles. The number of rotatable bonds is 4. The summed E-state index contributed by atoms with van der Waals surface area (Å²) in [6.45, 7) is 6.04. The molecule has 0 radical (unpaired) electrons. The molecule has 0 bridgehead atoms. The lowest BCUT2D eigenvalue weighted by atomic mass is 10.1. The number of likely N-dealkylation sites (tertiary alicyclic amines) is 1. The van der Waals surface area contributed by atoms with E-state index in [9.17, 15) is 0 Å². The molecule has 0 aliphatic carbocycles. The van der Waals surface area contributed by atoms with Gasteiger partial charge in [0.05, 0.1) is 0 Å². The summed E-state index contributed by atoms with van der Waals surface area (Å²) in [5, 5.41) is 0. The van der Waals surface area contributed by atoms with Crippen LogP contribution in [0.3, 0.4) is 0 Å². The maximum absolute atomic E-state index is 2.55. The molecule has 0 saturated carbocycles. The van der Waals surface area contributed by atoms with Gasteiger partial charge in [0.2, 0.25) is 0 Å². The first-order valence-electron chi connectivity index (χ1n) is 5.31. The lowest BCUT2D eigenvalue weighted by Crippen LogP contribution is -2.29. The van der Waals surface area contributed by atoms with Crippen molar-refractivity contribution < 1.29 is 0 Å². The van der Waals surface area contributed by atoms with Gasteiger partial charge in [-0.05, 0) is 32.4 Å². The van der Waals surface area contributed by atoms with Crippen molar-refractivity contribution in [1.82, 2.24) is 4.90 Å². The van der Waals surface area contributed by atoms with Gasteiger partial charge >= 0.3 is 0 Å². The Hall–Kier alpha value is -0.300. The van der Waals surface area contributed by atoms with E-state index in [-0.39, 0.29) is 0 Å². The maximum Gasteiger partial charge on any atom is 0.0163 e. The summed E-state index contributed by atoms with van der Waals surface area (Å²) < 4.78 is 0. The largest absolute Gasteiger partial charge is 0.300 e. The highest BCUT2D eigenvalue weighted by Crippen LogP contribution is 2.07. The van der Waals surface area contributed by atoms with Crippen LogP contribution in [0.2, 0.25) is 0 Å². The van der Waals surface area contributed by atoms with Gasteiger partial charge in [0, 0.05) is 6.54 Å². The van der Waals surface area contributed by atoms with E-state index in [1.807, 2.05) is 0 Å². The van der Waals surface area contributed by atoms with Crippen LogP contribution in [-0.4, -0.2) is 24.5 Å². The molecule has 0 unspecified atom stereocenters. The van der Waals surface area contributed by atoms with E-state index >= 15 is 0 Å². The molecule has 1 heteroatoms. The molecule has 1 aliphatic heterocycles. The van der Waals surface area contributed by atoms with Crippen molar-refractivity contribution in [1.29, 1.82) is 0 Å². The minimum absolute atomic E-state index is 1.18. The van der Waals surface area contributed by atoms with Gasteiger partial charge in [-0.25, -0.2) is 0 Å². The normalized spacial score (nSPS) is 20.4. The van der Waals surface area contributed by atoms with Crippen LogP contribution < -0.4 is 0 Å². The zero-order valence-corrected chi connectivity index (χ0v) is 8.26. The van der Waals surface area contributed by atoms with Crippen molar-refractivity contribution in [3.8, 4) is 0 Å². The molecule has 0 aromatic rings. The summed E-state index contributed by atoms with van der Waals surface area (Å²) in [4.78, 5) is 2.55. The van der Waals surface area contributed by atoms with Gasteiger partial charge in [0.15, 0.2) is 0 Å². The SMILES string of the molecule is CCC/C=C/CN1CCCCC1. The van der Waals surface area contributed by atoms with Crippen molar-refractivity contribution in [3.63, 3.8) is 0 Å². The Kier molecular flexibility index (Phi) is 5.09. The Morgan fingerprint density at radius 1 is 1.08 bits per heavy atom. The van der Waals surface area contributed by atoms with Crippen LogP contribution in [0.15, 0.2) is 12.2 Å². The summed E-state index contributed by atoms with van der Waals surface area (Å²) >= 11 is 0. The third kappa shape index (κ3) is 3.91. The van der Waals surface area contributed by atoms with Crippen LogP contribution >= 0.6 is 0 Å². The van der Waals surface area contributed by atoms with E-state index in [0.29, 0.717) is 0 Å². The molecule has 0 aromatic carbocycles. The lowest BCUT2D eigenvalue weighted by molar-refractivity contribution is 0.251. The van der Waals surface area contributed by atoms with Crippen LogP contribution in [0.4, 0.5) is 0 Å². The highest BCUT2D eigenvalue weighted by atomic mass is 15.1. The number of unbranched alkanes of at least 4 members (excludes halogenated alkanes) is 1. The summed E-state index contributed by atoms with van der Waals surface area (Å²) in [5.74, 6) is 0. The number of allylic oxidation sites excluding steroid dienone is 1. The Bertz CT molecular complexity index is 123. The molecule has 1 fully saturated rings. The van der Waals surface area contributed by atoms with Gasteiger partial charge < -0.3 is 0 Å². The van der Waals surface area contributed by atoms with Crippen LogP contribution in [0.25, 0.3) is 0 Å². The molecule has 12 heavy (non-hydrogen) atoms. The average Bonchev–Trinajstić information content (AvgIpc) is 2.14. The van der Waals surface area contributed by atoms with E-state index in [1.165, 1.54) is 51.7 Å². The number of hydrogen-bond acceptors (Lipinski definition) is 1. The van der Waals surface area contributed by atoms with Crippen LogP contribution in [0.5, 0.6) is 0 Å². The van der Waals surface area contributed by atoms with Crippen LogP contribution in [0.1, 0.15) is 39.0 Å². The fraction of sp³-hybridized carbons (Fsp3) is 0.818. The van der Waals surface area contributed by atoms with Crippen molar-refractivity contribution in [3.05, 3.63) is 12.2 Å². The third-order valence-corrected chi connectivity index (χ3v) is 2.43. The molecule has 0 amide bonds. The van der Waals surface area contributed by atoms with Crippen molar-refractivity contribution in [2.45, 2.75) is 39.0 Å². The molecule has 0 spiro atoms. The molecule has 0 N–H and O–H groups in total. The first-order chi connectivity index (χ1) is 5.93. The molecule has 70 valence electrons. The van der Waals surface area contributed by atoms with E-state index in [1.54, 1.807) is 0 Å². The summed E-state index contributed by atoms with van der Waals surface area (Å²) in [5.41, 5.74) is 0. The highest BCUT2D eigenvalue weighted by molar-refractivity contribution is 4.85. The Balaban J connectivity index is 2.04. The van der Waals surface area contributed by atoms with Gasteiger partial charge in [-0.3, -0.25) is 4.90 Å². The minimum Gasteiger partial charge on any atom is -0.300 e. The van der Waals surface area contributed by atoms with Gasteiger partial charge in [-0.2, -0.15) is 0 Å². The second-order valence-corrected chi connectivity index (χ2v) is 3.62. The fourth-order valence-corrected chi connectivity index (χ4v) is 1.65. The fourth-order valence-electron chi connectivity index (χ4n) is 1.65. The molecular weight excluding hydrogens is 146 g/mol. The summed E-state index contributed by atoms with van der Waals surface area (Å²) in [6.07, 6.45) is 11.4. The van der Waals surface area contributed by atoms with Crippen LogP contribution in [-0.2, 0) is 0 Å². The van der Waals surface area contributed by atoms with Crippen molar-refractivity contribution in [2.24, 2.45) is 0 Å². The van der Waals surface area contributed by atoms with E-state index in [2.05, 4.69) is 24.0 Å². The van der Waals surface area contributed by atoms with Gasteiger partial charge in [-0.1, -0.05) is 31.9 Å². The lowest BCUT2D eigenvalue weighted by Gasteiger charge is -2.24. The quantitative estimate of drug-likeness (QED) is 0.582. The van der Waals surface area contributed by atoms with Gasteiger partial charge in [-0.15, -0.1) is 0 Å². The molecule has 0 aromatic heterocycles. The second kappa shape index (κ2) is 6.24. The zero-order chi connectivity index (χ0) is 8.65. The first-order valence-corrected chi connectivity index (χ1v) is 5.31.